The van der Waals surface area contributed by atoms with Crippen molar-refractivity contribution in [3.63, 3.8) is 0 Å². The molecule has 0 aromatic carbocycles. The van der Waals surface area contributed by atoms with Crippen molar-refractivity contribution in [2.45, 2.75) is 51.0 Å². The van der Waals surface area contributed by atoms with Crippen molar-refractivity contribution in [3.05, 3.63) is 0 Å². The predicted octanol–water partition coefficient (Wildman–Crippen LogP) is 1.31. The standard InChI is InChI=1S/C24H42N6O/c1-25-24(30-15-13-28(14-16-30)22-18-19-5-6-21(22)17-19)26-7-8-27-9-11-29(12-10-27)23(31)20-3-2-4-20/h19-22H,2-18H2,1H3,(H,25,26). The SMILES string of the molecule is CN=C(NCCN1CCN(C(=O)C2CCC2)CC1)N1CCN(C2CC3CCC2C3)CC1. The molecule has 0 aromatic heterocycles. The smallest absolute Gasteiger partial charge is 0.225 e. The van der Waals surface area contributed by atoms with Gasteiger partial charge in [-0.05, 0) is 43.9 Å². The van der Waals surface area contributed by atoms with Crippen LogP contribution in [0.4, 0.5) is 0 Å². The summed E-state index contributed by atoms with van der Waals surface area (Å²) in [6.45, 7) is 10.3. The van der Waals surface area contributed by atoms with Gasteiger partial charge in [-0.2, -0.15) is 0 Å². The minimum Gasteiger partial charge on any atom is -0.355 e. The van der Waals surface area contributed by atoms with Gasteiger partial charge in [-0.25, -0.2) is 0 Å². The average Bonchev–Trinajstić information content (AvgIpc) is 3.40. The fraction of sp³-hybridized carbons (Fsp3) is 0.917. The average molecular weight is 431 g/mol. The molecule has 5 rings (SSSR count). The van der Waals surface area contributed by atoms with Crippen LogP contribution in [0.3, 0.4) is 0 Å². The van der Waals surface area contributed by atoms with Gasteiger partial charge in [-0.15, -0.1) is 0 Å². The number of fused-ring (bicyclic) bond motifs is 2. The molecule has 5 fully saturated rings. The second kappa shape index (κ2) is 9.65. The van der Waals surface area contributed by atoms with Crippen molar-refractivity contribution >= 4 is 11.9 Å². The molecule has 3 saturated carbocycles. The highest BCUT2D eigenvalue weighted by molar-refractivity contribution is 5.80. The predicted molar refractivity (Wildman–Crippen MR) is 124 cm³/mol. The van der Waals surface area contributed by atoms with E-state index in [0.717, 1.165) is 89.0 Å². The summed E-state index contributed by atoms with van der Waals surface area (Å²) < 4.78 is 0. The van der Waals surface area contributed by atoms with Crippen molar-refractivity contribution in [2.24, 2.45) is 22.7 Å². The largest absolute Gasteiger partial charge is 0.355 e. The second-order valence-corrected chi connectivity index (χ2v) is 10.5. The van der Waals surface area contributed by atoms with Crippen LogP contribution in [0, 0.1) is 17.8 Å². The van der Waals surface area contributed by atoms with Gasteiger partial charge in [0, 0.05) is 84.5 Å². The number of carbonyl (C=O) groups is 1. The van der Waals surface area contributed by atoms with E-state index in [2.05, 4.69) is 29.9 Å². The van der Waals surface area contributed by atoms with E-state index in [1.54, 1.807) is 0 Å². The number of hydrogen-bond acceptors (Lipinski definition) is 4. The van der Waals surface area contributed by atoms with Gasteiger partial charge in [0.25, 0.3) is 0 Å². The van der Waals surface area contributed by atoms with Gasteiger partial charge in [0.1, 0.15) is 0 Å². The Kier molecular flexibility index (Phi) is 6.70. The van der Waals surface area contributed by atoms with Crippen LogP contribution < -0.4 is 5.32 Å². The third kappa shape index (κ3) is 4.72. The number of aliphatic imine (C=N–C) groups is 1. The Balaban J connectivity index is 0.995. The van der Waals surface area contributed by atoms with E-state index in [1.807, 2.05) is 7.05 Å². The van der Waals surface area contributed by atoms with E-state index >= 15 is 0 Å². The van der Waals surface area contributed by atoms with Crippen molar-refractivity contribution in [1.29, 1.82) is 0 Å². The Morgan fingerprint density at radius 1 is 0.903 bits per heavy atom. The maximum Gasteiger partial charge on any atom is 0.225 e. The first-order chi connectivity index (χ1) is 15.2. The summed E-state index contributed by atoms with van der Waals surface area (Å²) in [5, 5.41) is 3.60. The maximum atomic E-state index is 12.4. The Morgan fingerprint density at radius 3 is 2.23 bits per heavy atom. The van der Waals surface area contributed by atoms with Gasteiger partial charge in [-0.3, -0.25) is 19.6 Å². The molecule has 3 atom stereocenters. The van der Waals surface area contributed by atoms with Crippen LogP contribution in [0.15, 0.2) is 4.99 Å². The zero-order chi connectivity index (χ0) is 21.2. The van der Waals surface area contributed by atoms with Gasteiger partial charge < -0.3 is 15.1 Å². The van der Waals surface area contributed by atoms with E-state index in [9.17, 15) is 4.79 Å². The highest BCUT2D eigenvalue weighted by Gasteiger charge is 2.42. The van der Waals surface area contributed by atoms with Gasteiger partial charge in [-0.1, -0.05) is 12.8 Å². The molecule has 7 nitrogen and oxygen atoms in total. The zero-order valence-corrected chi connectivity index (χ0v) is 19.5. The van der Waals surface area contributed by atoms with Crippen LogP contribution in [0.2, 0.25) is 0 Å². The number of carbonyl (C=O) groups excluding carboxylic acids is 1. The molecule has 174 valence electrons. The van der Waals surface area contributed by atoms with Crippen molar-refractivity contribution in [3.8, 4) is 0 Å². The number of hydrogen-bond donors (Lipinski definition) is 1. The minimum absolute atomic E-state index is 0.334. The third-order valence-electron chi connectivity index (χ3n) is 8.84. The molecule has 2 aliphatic heterocycles. The summed E-state index contributed by atoms with van der Waals surface area (Å²) in [5.74, 6) is 3.82. The highest BCUT2D eigenvalue weighted by atomic mass is 16.2. The summed E-state index contributed by atoms with van der Waals surface area (Å²) in [4.78, 5) is 26.8. The second-order valence-electron chi connectivity index (χ2n) is 10.5. The molecule has 3 aliphatic carbocycles. The van der Waals surface area contributed by atoms with E-state index in [4.69, 9.17) is 0 Å². The van der Waals surface area contributed by atoms with Crippen LogP contribution in [0.5, 0.6) is 0 Å². The lowest BCUT2D eigenvalue weighted by Gasteiger charge is -2.42. The summed E-state index contributed by atoms with van der Waals surface area (Å²) in [6, 6.07) is 0.866. The lowest BCUT2D eigenvalue weighted by Crippen LogP contribution is -2.56. The molecule has 1 amide bonds. The molecule has 2 heterocycles. The molecule has 31 heavy (non-hydrogen) atoms. The normalized spacial score (nSPS) is 33.1. The molecular weight excluding hydrogens is 388 g/mol. The van der Waals surface area contributed by atoms with Gasteiger partial charge in [0.05, 0.1) is 0 Å². The van der Waals surface area contributed by atoms with Crippen LogP contribution in [0.25, 0.3) is 0 Å². The number of guanidine groups is 1. The Bertz CT molecular complexity index is 648. The van der Waals surface area contributed by atoms with Gasteiger partial charge in [0.2, 0.25) is 5.91 Å². The first-order valence-corrected chi connectivity index (χ1v) is 12.9. The number of piperazine rings is 2. The molecule has 5 aliphatic rings. The quantitative estimate of drug-likeness (QED) is 0.527. The van der Waals surface area contributed by atoms with Crippen LogP contribution >= 0.6 is 0 Å². The first kappa shape index (κ1) is 21.5. The molecule has 7 heteroatoms. The van der Waals surface area contributed by atoms with Crippen LogP contribution in [-0.2, 0) is 4.79 Å². The highest BCUT2D eigenvalue weighted by Crippen LogP contribution is 2.46. The third-order valence-corrected chi connectivity index (χ3v) is 8.84. The molecule has 1 N–H and O–H groups in total. The fourth-order valence-corrected chi connectivity index (χ4v) is 6.69. The molecule has 2 saturated heterocycles. The fourth-order valence-electron chi connectivity index (χ4n) is 6.69. The van der Waals surface area contributed by atoms with Crippen molar-refractivity contribution in [2.75, 3.05) is 72.5 Å². The van der Waals surface area contributed by atoms with Crippen LogP contribution in [-0.4, -0.2) is 110 Å². The molecular formula is C24H42N6O. The first-order valence-electron chi connectivity index (χ1n) is 12.9. The number of nitrogens with zero attached hydrogens (tertiary/aromatic N) is 5. The lowest BCUT2D eigenvalue weighted by molar-refractivity contribution is -0.139. The summed E-state index contributed by atoms with van der Waals surface area (Å²) in [5.41, 5.74) is 0. The zero-order valence-electron chi connectivity index (χ0n) is 19.5. The Morgan fingerprint density at radius 2 is 1.65 bits per heavy atom. The Hall–Kier alpha value is -1.34. The summed E-state index contributed by atoms with van der Waals surface area (Å²) in [7, 11) is 1.91. The van der Waals surface area contributed by atoms with E-state index < -0.39 is 0 Å². The molecule has 0 radical (unpaired) electrons. The maximum absolute atomic E-state index is 12.4. The topological polar surface area (TPSA) is 54.4 Å². The van der Waals surface area contributed by atoms with E-state index in [0.29, 0.717) is 11.8 Å². The lowest BCUT2D eigenvalue weighted by atomic mass is 9.84. The van der Waals surface area contributed by atoms with Crippen molar-refractivity contribution in [1.82, 2.24) is 24.9 Å². The molecule has 0 aromatic rings. The van der Waals surface area contributed by atoms with Crippen LogP contribution in [0.1, 0.15) is 44.9 Å². The summed E-state index contributed by atoms with van der Waals surface area (Å²) in [6.07, 6.45) is 9.37. The molecule has 0 spiro atoms. The molecule has 2 bridgehead atoms. The van der Waals surface area contributed by atoms with E-state index in [-0.39, 0.29) is 0 Å². The minimum atomic E-state index is 0.334. The monoisotopic (exact) mass is 430 g/mol. The summed E-state index contributed by atoms with van der Waals surface area (Å²) >= 11 is 0. The van der Waals surface area contributed by atoms with Gasteiger partial charge in [0.15, 0.2) is 5.96 Å². The van der Waals surface area contributed by atoms with E-state index in [1.165, 1.54) is 45.2 Å². The number of rotatable bonds is 5. The van der Waals surface area contributed by atoms with Gasteiger partial charge >= 0.3 is 0 Å². The van der Waals surface area contributed by atoms with Crippen molar-refractivity contribution < 1.29 is 4.79 Å². The number of amides is 1. The molecule has 3 unspecified atom stereocenters. The number of nitrogens with one attached hydrogen (secondary N) is 1. The Labute approximate surface area is 188 Å².